The number of anilines is 1. The molecule has 7 atom stereocenters. The highest BCUT2D eigenvalue weighted by molar-refractivity contribution is 6.04. The molecule has 3 saturated heterocycles. The van der Waals surface area contributed by atoms with Gasteiger partial charge in [0.05, 0.1) is 30.1 Å². The van der Waals surface area contributed by atoms with Crippen LogP contribution in [0.15, 0.2) is 18.2 Å². The number of carbonyl (C=O) groups excluding carboxylic acids is 3. The zero-order valence-electron chi connectivity index (χ0n) is 23.3. The van der Waals surface area contributed by atoms with Crippen molar-refractivity contribution >= 4 is 23.4 Å². The molecule has 3 fully saturated rings. The van der Waals surface area contributed by atoms with Crippen molar-refractivity contribution in [1.29, 1.82) is 0 Å². The molecule has 0 saturated carbocycles. The van der Waals surface area contributed by atoms with Gasteiger partial charge in [-0.3, -0.25) is 14.4 Å². The van der Waals surface area contributed by atoms with Crippen LogP contribution >= 0.6 is 0 Å². The van der Waals surface area contributed by atoms with Gasteiger partial charge in [-0.2, -0.15) is 0 Å². The van der Waals surface area contributed by atoms with E-state index in [9.17, 15) is 19.5 Å². The molecule has 8 heteroatoms. The van der Waals surface area contributed by atoms with Crippen LogP contribution in [0.5, 0.6) is 0 Å². The van der Waals surface area contributed by atoms with Crippen molar-refractivity contribution in [3.63, 3.8) is 0 Å². The molecular formula is C29H43N3O5. The second kappa shape index (κ2) is 10.0. The topological polar surface area (TPSA) is 108 Å². The molecule has 3 amide bonds. The fraction of sp³-hybridized carbons (Fsp3) is 0.690. The smallest absolute Gasteiger partial charge is 0.250 e. The Kier molecular flexibility index (Phi) is 7.47. The number of amides is 3. The first kappa shape index (κ1) is 27.6. The summed E-state index contributed by atoms with van der Waals surface area (Å²) in [5.41, 5.74) is 0.577. The number of hydrogen-bond acceptors (Lipinski definition) is 5. The van der Waals surface area contributed by atoms with Gasteiger partial charge in [0.1, 0.15) is 11.6 Å². The van der Waals surface area contributed by atoms with Gasteiger partial charge in [0.2, 0.25) is 17.7 Å². The van der Waals surface area contributed by atoms with E-state index in [2.05, 4.69) is 10.6 Å². The molecule has 204 valence electrons. The van der Waals surface area contributed by atoms with Gasteiger partial charge in [-0.15, -0.1) is 0 Å². The van der Waals surface area contributed by atoms with Crippen LogP contribution in [0, 0.1) is 37.5 Å². The summed E-state index contributed by atoms with van der Waals surface area (Å²) in [5, 5.41) is 16.5. The zero-order chi connectivity index (χ0) is 27.3. The van der Waals surface area contributed by atoms with Crippen molar-refractivity contribution < 1.29 is 24.2 Å². The van der Waals surface area contributed by atoms with Crippen LogP contribution in [0.2, 0.25) is 0 Å². The summed E-state index contributed by atoms with van der Waals surface area (Å²) in [6.45, 7) is 14.1. The van der Waals surface area contributed by atoms with Crippen LogP contribution < -0.4 is 10.6 Å². The van der Waals surface area contributed by atoms with E-state index in [0.717, 1.165) is 17.5 Å². The predicted molar refractivity (Wildman–Crippen MR) is 142 cm³/mol. The Hall–Kier alpha value is -2.45. The maximum absolute atomic E-state index is 14.3. The maximum Gasteiger partial charge on any atom is 0.250 e. The van der Waals surface area contributed by atoms with Crippen LogP contribution in [-0.2, 0) is 19.1 Å². The van der Waals surface area contributed by atoms with Crippen LogP contribution in [0.1, 0.15) is 65.0 Å². The molecule has 3 heterocycles. The van der Waals surface area contributed by atoms with E-state index in [4.69, 9.17) is 4.74 Å². The summed E-state index contributed by atoms with van der Waals surface area (Å²) in [7, 11) is 0. The van der Waals surface area contributed by atoms with Gasteiger partial charge in [0.25, 0.3) is 0 Å². The number of rotatable bonds is 9. The van der Waals surface area contributed by atoms with Crippen molar-refractivity contribution in [2.75, 3.05) is 18.5 Å². The van der Waals surface area contributed by atoms with Gasteiger partial charge in [-0.1, -0.05) is 45.9 Å². The molecule has 37 heavy (non-hydrogen) atoms. The molecule has 8 nitrogen and oxygen atoms in total. The molecule has 0 aromatic heterocycles. The average molecular weight is 514 g/mol. The normalized spacial score (nSPS) is 33.1. The Morgan fingerprint density at radius 2 is 1.86 bits per heavy atom. The Morgan fingerprint density at radius 3 is 2.43 bits per heavy atom. The third-order valence-corrected chi connectivity index (χ3v) is 8.91. The van der Waals surface area contributed by atoms with Crippen LogP contribution in [0.25, 0.3) is 0 Å². The van der Waals surface area contributed by atoms with Gasteiger partial charge in [0.15, 0.2) is 0 Å². The number of nitrogens with zero attached hydrogens (tertiary/aromatic N) is 1. The minimum atomic E-state index is -1.13. The van der Waals surface area contributed by atoms with Crippen LogP contribution in [0.3, 0.4) is 0 Å². The number of hydrogen-bond donors (Lipinski definition) is 3. The molecule has 0 aliphatic carbocycles. The quantitative estimate of drug-likeness (QED) is 0.470. The van der Waals surface area contributed by atoms with Crippen LogP contribution in [0.4, 0.5) is 5.69 Å². The average Bonchev–Trinajstić information content (AvgIpc) is 3.35. The molecule has 4 rings (SSSR count). The lowest BCUT2D eigenvalue weighted by molar-refractivity contribution is -0.149. The predicted octanol–water partition coefficient (Wildman–Crippen LogP) is 3.19. The number of para-hydroxylation sites is 1. The highest BCUT2D eigenvalue weighted by Gasteiger charge is 2.80. The number of aryl methyl sites for hydroxylation is 2. The third kappa shape index (κ3) is 4.26. The molecule has 3 aliphatic rings. The molecule has 0 radical (unpaired) electrons. The number of fused-ring (bicyclic) bond motifs is 1. The first-order valence-electron chi connectivity index (χ1n) is 13.7. The summed E-state index contributed by atoms with van der Waals surface area (Å²) in [6, 6.07) is 4.31. The molecule has 1 aromatic rings. The Bertz CT molecular complexity index is 1050. The van der Waals surface area contributed by atoms with E-state index in [-0.39, 0.29) is 36.2 Å². The molecule has 1 spiro atoms. The summed E-state index contributed by atoms with van der Waals surface area (Å²) in [6.07, 6.45) is 1.82. The zero-order valence-corrected chi connectivity index (χ0v) is 23.3. The van der Waals surface area contributed by atoms with E-state index >= 15 is 0 Å². The summed E-state index contributed by atoms with van der Waals surface area (Å²) < 4.78 is 6.76. The molecule has 3 aliphatic heterocycles. The fourth-order valence-corrected chi connectivity index (χ4v) is 7.15. The standard InChI is InChI=1S/C29H43N3O5/c1-8-12-30-25(34)21-22-27(36)32(20(15-33)13-16(2)3)24(29(22)14-19(6)28(21,7)37-29)26(35)31-23-17(4)10-9-11-18(23)5/h9-11,16,19-22,24,33H,8,12-15H2,1-7H3,(H,30,34)(H,31,35)/t19?,20-,21-,22+,24?,28+,29?/m1/s1. The van der Waals surface area contributed by atoms with Gasteiger partial charge in [-0.05, 0) is 63.0 Å². The summed E-state index contributed by atoms with van der Waals surface area (Å²) >= 11 is 0. The lowest BCUT2D eigenvalue weighted by Gasteiger charge is -2.37. The highest BCUT2D eigenvalue weighted by Crippen LogP contribution is 2.65. The minimum absolute atomic E-state index is 0.0259. The number of aliphatic hydroxyl groups excluding tert-OH is 1. The molecule has 1 aromatic carbocycles. The van der Waals surface area contributed by atoms with Crippen LogP contribution in [-0.4, -0.2) is 64.2 Å². The third-order valence-electron chi connectivity index (χ3n) is 8.91. The second-order valence-corrected chi connectivity index (χ2v) is 12.0. The lowest BCUT2D eigenvalue weighted by atomic mass is 9.62. The number of aliphatic hydroxyl groups is 1. The second-order valence-electron chi connectivity index (χ2n) is 12.0. The monoisotopic (exact) mass is 513 g/mol. The van der Waals surface area contributed by atoms with E-state index < -0.39 is 35.1 Å². The number of carbonyl (C=O) groups is 3. The van der Waals surface area contributed by atoms with Crippen molar-refractivity contribution in [3.05, 3.63) is 29.3 Å². The number of ether oxygens (including phenoxy) is 1. The van der Waals surface area contributed by atoms with Gasteiger partial charge < -0.3 is 25.4 Å². The van der Waals surface area contributed by atoms with E-state index in [1.165, 1.54) is 0 Å². The highest BCUT2D eigenvalue weighted by atomic mass is 16.5. The number of benzene rings is 1. The molecule has 3 N–H and O–H groups in total. The largest absolute Gasteiger partial charge is 0.394 e. The van der Waals surface area contributed by atoms with Crippen molar-refractivity contribution in [2.24, 2.45) is 23.7 Å². The Balaban J connectivity index is 1.82. The first-order chi connectivity index (χ1) is 17.4. The first-order valence-corrected chi connectivity index (χ1v) is 13.7. The number of likely N-dealkylation sites (tertiary alicyclic amines) is 1. The van der Waals surface area contributed by atoms with E-state index in [1.807, 2.05) is 66.7 Å². The number of nitrogens with one attached hydrogen (secondary N) is 2. The fourth-order valence-electron chi connectivity index (χ4n) is 7.15. The SMILES string of the molecule is CCCNC(=O)[C@H]1[C@H]2C(=O)N([C@@H](CO)CC(C)C)C(C(=O)Nc3c(C)cccc3C)C23CC(C)[C@]1(C)O3. The maximum atomic E-state index is 14.3. The summed E-state index contributed by atoms with van der Waals surface area (Å²) in [5.74, 6) is -2.11. The van der Waals surface area contributed by atoms with Crippen molar-refractivity contribution in [2.45, 2.75) is 91.0 Å². The summed E-state index contributed by atoms with van der Waals surface area (Å²) in [4.78, 5) is 43.5. The van der Waals surface area contributed by atoms with Crippen molar-refractivity contribution in [3.8, 4) is 0 Å². The van der Waals surface area contributed by atoms with Gasteiger partial charge in [0, 0.05) is 12.2 Å². The minimum Gasteiger partial charge on any atom is -0.394 e. The van der Waals surface area contributed by atoms with Gasteiger partial charge >= 0.3 is 0 Å². The van der Waals surface area contributed by atoms with Gasteiger partial charge in [-0.25, -0.2) is 0 Å². The molecule has 2 bridgehead atoms. The molecule has 3 unspecified atom stereocenters. The van der Waals surface area contributed by atoms with E-state index in [1.54, 1.807) is 4.90 Å². The van der Waals surface area contributed by atoms with E-state index in [0.29, 0.717) is 25.1 Å². The molecular weight excluding hydrogens is 470 g/mol. The van der Waals surface area contributed by atoms with Crippen molar-refractivity contribution in [1.82, 2.24) is 10.2 Å². The lowest BCUT2D eigenvalue weighted by Crippen LogP contribution is -2.56. The Morgan fingerprint density at radius 1 is 1.22 bits per heavy atom. The Labute approximate surface area is 220 Å².